The molecule has 0 radical (unpaired) electrons. The Hall–Kier alpha value is -2.19. The first-order chi connectivity index (χ1) is 18.7. The normalized spacial score (nSPS) is 30.2. The molecule has 1 N–H and O–H groups in total. The van der Waals surface area contributed by atoms with Gasteiger partial charge >= 0.3 is 5.97 Å². The van der Waals surface area contributed by atoms with Crippen molar-refractivity contribution in [3.63, 3.8) is 0 Å². The molecule has 40 heavy (non-hydrogen) atoms. The van der Waals surface area contributed by atoms with Crippen molar-refractivity contribution < 1.29 is 29.0 Å². The summed E-state index contributed by atoms with van der Waals surface area (Å²) < 4.78 is 12.6. The number of ether oxygens (including phenoxy) is 2. The van der Waals surface area contributed by atoms with Crippen molar-refractivity contribution in [1.82, 2.24) is 9.80 Å². The summed E-state index contributed by atoms with van der Waals surface area (Å²) >= 11 is 0. The number of carbonyl (C=O) groups excluding carboxylic acids is 3. The molecule has 3 aliphatic heterocycles. The van der Waals surface area contributed by atoms with Gasteiger partial charge in [-0.1, -0.05) is 39.8 Å². The second kappa shape index (κ2) is 12.0. The summed E-state index contributed by atoms with van der Waals surface area (Å²) in [5.41, 5.74) is -2.60. The second-order valence-electron chi connectivity index (χ2n) is 13.8. The number of aliphatic hydroxyl groups excluding tert-OH is 1. The third kappa shape index (κ3) is 5.63. The van der Waals surface area contributed by atoms with Gasteiger partial charge in [-0.25, -0.2) is 0 Å². The summed E-state index contributed by atoms with van der Waals surface area (Å²) in [5.74, 6) is -2.59. The first-order valence-electron chi connectivity index (χ1n) is 15.0. The van der Waals surface area contributed by atoms with Crippen LogP contribution >= 0.6 is 0 Å². The SMILES string of the molecule is C=CCCCCOC(=O)[C@H]1[C@H]2C(=O)N([C@H](C)CO)C(C(=O)N(CC=C)C(C)(C)CC(C)(C)C)C23CC[C@]1(CC)O3. The minimum atomic E-state index is -1.16. The average molecular weight is 561 g/mol. The molecule has 3 aliphatic rings. The largest absolute Gasteiger partial charge is 0.465 e. The van der Waals surface area contributed by atoms with Crippen LogP contribution in [-0.4, -0.2) is 81.3 Å². The summed E-state index contributed by atoms with van der Waals surface area (Å²) in [6, 6.07) is -1.57. The van der Waals surface area contributed by atoms with Crippen molar-refractivity contribution in [2.24, 2.45) is 17.3 Å². The minimum Gasteiger partial charge on any atom is -0.465 e. The van der Waals surface area contributed by atoms with Gasteiger partial charge < -0.3 is 24.4 Å². The number of fused-ring (bicyclic) bond motifs is 1. The highest BCUT2D eigenvalue weighted by atomic mass is 16.6. The highest BCUT2D eigenvalue weighted by Gasteiger charge is 2.79. The molecule has 2 unspecified atom stereocenters. The first kappa shape index (κ1) is 32.3. The molecule has 6 atom stereocenters. The molecule has 0 saturated carbocycles. The van der Waals surface area contributed by atoms with Crippen LogP contribution in [0.3, 0.4) is 0 Å². The van der Waals surface area contributed by atoms with E-state index in [2.05, 4.69) is 33.9 Å². The number of unbranched alkanes of at least 4 members (excludes halogenated alkanes) is 2. The lowest BCUT2D eigenvalue weighted by Crippen LogP contribution is -2.62. The Morgan fingerprint density at radius 3 is 2.42 bits per heavy atom. The quantitative estimate of drug-likeness (QED) is 0.189. The fraction of sp³-hybridized carbons (Fsp3) is 0.781. The van der Waals surface area contributed by atoms with Crippen LogP contribution in [0.25, 0.3) is 0 Å². The Morgan fingerprint density at radius 2 is 1.88 bits per heavy atom. The molecule has 3 saturated heterocycles. The molecular weight excluding hydrogens is 508 g/mol. The van der Waals surface area contributed by atoms with E-state index in [0.29, 0.717) is 32.2 Å². The molecule has 3 rings (SSSR count). The number of amides is 2. The number of aliphatic hydroxyl groups is 1. The predicted octanol–water partition coefficient (Wildman–Crippen LogP) is 4.65. The molecule has 226 valence electrons. The lowest BCUT2D eigenvalue weighted by atomic mass is 9.65. The lowest BCUT2D eigenvalue weighted by Gasteiger charge is -2.46. The van der Waals surface area contributed by atoms with Gasteiger partial charge in [-0.15, -0.1) is 13.2 Å². The zero-order chi connectivity index (χ0) is 30.1. The zero-order valence-corrected chi connectivity index (χ0v) is 25.8. The van der Waals surface area contributed by atoms with Gasteiger partial charge in [-0.2, -0.15) is 0 Å². The summed E-state index contributed by atoms with van der Waals surface area (Å²) in [7, 11) is 0. The second-order valence-corrected chi connectivity index (χ2v) is 13.8. The number of hydrogen-bond donors (Lipinski definition) is 1. The highest BCUT2D eigenvalue weighted by molar-refractivity contribution is 5.99. The Balaban J connectivity index is 2.05. The maximum Gasteiger partial charge on any atom is 0.312 e. The summed E-state index contributed by atoms with van der Waals surface area (Å²) in [6.45, 7) is 22.1. The Morgan fingerprint density at radius 1 is 1.20 bits per heavy atom. The van der Waals surface area contributed by atoms with Gasteiger partial charge in [0, 0.05) is 12.1 Å². The van der Waals surface area contributed by atoms with Gasteiger partial charge in [0.1, 0.15) is 17.6 Å². The Bertz CT molecular complexity index is 986. The van der Waals surface area contributed by atoms with Gasteiger partial charge in [0.2, 0.25) is 11.8 Å². The van der Waals surface area contributed by atoms with Crippen LogP contribution in [-0.2, 0) is 23.9 Å². The van der Waals surface area contributed by atoms with E-state index in [0.717, 1.165) is 19.3 Å². The van der Waals surface area contributed by atoms with Gasteiger partial charge in [-0.05, 0) is 71.1 Å². The minimum absolute atomic E-state index is 0.0529. The predicted molar refractivity (Wildman–Crippen MR) is 155 cm³/mol. The number of carbonyl (C=O) groups is 3. The number of hydrogen-bond acceptors (Lipinski definition) is 6. The van der Waals surface area contributed by atoms with E-state index in [4.69, 9.17) is 9.47 Å². The van der Waals surface area contributed by atoms with Crippen molar-refractivity contribution >= 4 is 17.8 Å². The molecule has 8 nitrogen and oxygen atoms in total. The number of likely N-dealkylation sites (tertiary alicyclic amines) is 1. The topological polar surface area (TPSA) is 96.4 Å². The molecule has 1 spiro atoms. The van der Waals surface area contributed by atoms with E-state index < -0.39 is 46.6 Å². The van der Waals surface area contributed by atoms with Crippen molar-refractivity contribution in [2.45, 2.75) is 122 Å². The van der Waals surface area contributed by atoms with Crippen molar-refractivity contribution in [1.29, 1.82) is 0 Å². The third-order valence-electron chi connectivity index (χ3n) is 9.16. The van der Waals surface area contributed by atoms with Gasteiger partial charge in [0.05, 0.1) is 30.8 Å². The lowest BCUT2D eigenvalue weighted by molar-refractivity contribution is -0.164. The summed E-state index contributed by atoms with van der Waals surface area (Å²) in [6.07, 6.45) is 8.30. The van der Waals surface area contributed by atoms with Crippen LogP contribution in [0, 0.1) is 17.3 Å². The van der Waals surface area contributed by atoms with Crippen LogP contribution in [0.5, 0.6) is 0 Å². The van der Waals surface area contributed by atoms with Crippen LogP contribution in [0.15, 0.2) is 25.3 Å². The molecule has 8 heteroatoms. The van der Waals surface area contributed by atoms with Crippen molar-refractivity contribution in [3.8, 4) is 0 Å². The molecule has 3 heterocycles. The summed E-state index contributed by atoms with van der Waals surface area (Å²) in [5, 5.41) is 10.2. The third-order valence-corrected chi connectivity index (χ3v) is 9.16. The Kier molecular flexibility index (Phi) is 9.67. The molecular formula is C32H52N2O6. The highest BCUT2D eigenvalue weighted by Crippen LogP contribution is 2.65. The Labute approximate surface area is 241 Å². The average Bonchev–Trinajstić information content (AvgIpc) is 3.48. The van der Waals surface area contributed by atoms with E-state index in [1.165, 1.54) is 4.90 Å². The fourth-order valence-electron chi connectivity index (χ4n) is 7.81. The van der Waals surface area contributed by atoms with Crippen molar-refractivity contribution in [3.05, 3.63) is 25.3 Å². The van der Waals surface area contributed by atoms with E-state index in [-0.39, 0.29) is 30.4 Å². The molecule has 0 aromatic heterocycles. The molecule has 2 bridgehead atoms. The number of allylic oxidation sites excluding steroid dienone is 1. The maximum atomic E-state index is 14.7. The first-order valence-corrected chi connectivity index (χ1v) is 15.0. The fourth-order valence-corrected chi connectivity index (χ4v) is 7.81. The molecule has 0 aromatic carbocycles. The standard InChI is InChI=1S/C32H52N2O6/c1-10-13-14-15-19-39-28(38)24-23-26(36)34(22(4)20-35)25(32(23)17-16-31(24,12-3)40-32)27(37)33(18-11-2)30(8,9)21-29(5,6)7/h10-11,22-25,35H,1-2,12-21H2,3-9H3/t22-,23+,24-,25?,31+,32?/m1/s1. The number of esters is 1. The van der Waals surface area contributed by atoms with Gasteiger partial charge in [0.15, 0.2) is 0 Å². The molecule has 2 amide bonds. The van der Waals surface area contributed by atoms with Crippen LogP contribution in [0.4, 0.5) is 0 Å². The van der Waals surface area contributed by atoms with Gasteiger partial charge in [-0.3, -0.25) is 14.4 Å². The summed E-state index contributed by atoms with van der Waals surface area (Å²) in [4.78, 5) is 45.9. The van der Waals surface area contributed by atoms with E-state index in [1.807, 2.05) is 26.8 Å². The van der Waals surface area contributed by atoms with E-state index >= 15 is 0 Å². The molecule has 0 aliphatic carbocycles. The zero-order valence-electron chi connectivity index (χ0n) is 25.8. The van der Waals surface area contributed by atoms with E-state index in [9.17, 15) is 19.5 Å². The van der Waals surface area contributed by atoms with E-state index in [1.54, 1.807) is 17.9 Å². The monoisotopic (exact) mass is 560 g/mol. The maximum absolute atomic E-state index is 14.7. The van der Waals surface area contributed by atoms with Gasteiger partial charge in [0.25, 0.3) is 0 Å². The number of nitrogens with zero attached hydrogens (tertiary/aromatic N) is 2. The molecule has 0 aromatic rings. The van der Waals surface area contributed by atoms with Crippen LogP contribution in [0.1, 0.15) is 93.4 Å². The van der Waals surface area contributed by atoms with Crippen molar-refractivity contribution in [2.75, 3.05) is 19.8 Å². The van der Waals surface area contributed by atoms with Crippen LogP contribution < -0.4 is 0 Å². The number of rotatable bonds is 14. The van der Waals surface area contributed by atoms with Crippen LogP contribution in [0.2, 0.25) is 0 Å². The molecule has 3 fully saturated rings. The smallest absolute Gasteiger partial charge is 0.312 e.